The topological polar surface area (TPSA) is 53.2 Å². The van der Waals surface area contributed by atoms with Crippen LogP contribution in [0.2, 0.25) is 0 Å². The monoisotopic (exact) mass is 403 g/mol. The minimum atomic E-state index is -0.421. The summed E-state index contributed by atoms with van der Waals surface area (Å²) in [4.78, 5) is 13.3. The fourth-order valence-electron chi connectivity index (χ4n) is 4.52. The number of benzene rings is 3. The quantitative estimate of drug-likeness (QED) is 0.589. The van der Waals surface area contributed by atoms with Gasteiger partial charge in [-0.1, -0.05) is 36.4 Å². The number of anilines is 1. The third kappa shape index (κ3) is 3.43. The third-order valence-electron chi connectivity index (χ3n) is 6.40. The van der Waals surface area contributed by atoms with E-state index in [0.717, 1.165) is 54.6 Å². The van der Waals surface area contributed by atoms with Crippen LogP contribution in [0.25, 0.3) is 10.8 Å². The lowest BCUT2D eigenvalue weighted by Crippen LogP contribution is -2.35. The maximum Gasteiger partial charge on any atom is 0.252 e. The molecule has 0 bridgehead atoms. The number of hydrogen-bond donors (Lipinski definition) is 3. The maximum atomic E-state index is 14.3. The van der Waals surface area contributed by atoms with E-state index in [1.54, 1.807) is 6.07 Å². The van der Waals surface area contributed by atoms with Crippen LogP contribution in [0.15, 0.2) is 54.6 Å². The first-order valence-electron chi connectivity index (χ1n) is 10.6. The zero-order valence-electron chi connectivity index (χ0n) is 17.1. The first-order chi connectivity index (χ1) is 14.6. The van der Waals surface area contributed by atoms with E-state index in [0.29, 0.717) is 17.0 Å². The van der Waals surface area contributed by atoms with E-state index in [9.17, 15) is 9.18 Å². The van der Waals surface area contributed by atoms with Gasteiger partial charge in [-0.25, -0.2) is 4.39 Å². The molecule has 5 heteroatoms. The average Bonchev–Trinajstić information content (AvgIpc) is 3.33. The molecule has 1 aliphatic heterocycles. The minimum absolute atomic E-state index is 0.0772. The summed E-state index contributed by atoms with van der Waals surface area (Å²) in [6.07, 6.45) is 2.80. The van der Waals surface area contributed by atoms with Crippen LogP contribution in [0.4, 0.5) is 10.1 Å². The van der Waals surface area contributed by atoms with Crippen LogP contribution in [0.3, 0.4) is 0 Å². The highest BCUT2D eigenvalue weighted by Crippen LogP contribution is 2.48. The van der Waals surface area contributed by atoms with E-state index in [2.05, 4.69) is 16.0 Å². The molecule has 1 atom stereocenters. The summed E-state index contributed by atoms with van der Waals surface area (Å²) in [6, 6.07) is 17.2. The molecule has 1 aliphatic carbocycles. The highest BCUT2D eigenvalue weighted by molar-refractivity contribution is 5.98. The maximum absolute atomic E-state index is 14.3. The summed E-state index contributed by atoms with van der Waals surface area (Å²) in [6.45, 7) is 3.92. The van der Waals surface area contributed by atoms with Crippen molar-refractivity contribution in [2.24, 2.45) is 0 Å². The van der Waals surface area contributed by atoms with E-state index in [4.69, 9.17) is 0 Å². The summed E-state index contributed by atoms with van der Waals surface area (Å²) >= 11 is 0. The summed E-state index contributed by atoms with van der Waals surface area (Å²) in [5, 5.41) is 11.6. The van der Waals surface area contributed by atoms with Gasteiger partial charge in [-0.05, 0) is 67.4 Å². The van der Waals surface area contributed by atoms with Gasteiger partial charge < -0.3 is 16.0 Å². The lowest BCUT2D eigenvalue weighted by molar-refractivity contribution is 0.0930. The molecule has 3 aromatic carbocycles. The van der Waals surface area contributed by atoms with Crippen molar-refractivity contribution >= 4 is 22.4 Å². The number of halogens is 1. The predicted molar refractivity (Wildman–Crippen MR) is 118 cm³/mol. The molecule has 1 heterocycles. The highest BCUT2D eigenvalue weighted by Gasteiger charge is 2.47. The molecule has 2 fully saturated rings. The van der Waals surface area contributed by atoms with Crippen LogP contribution in [0.5, 0.6) is 0 Å². The Morgan fingerprint density at radius 1 is 1.10 bits per heavy atom. The normalized spacial score (nSPS) is 19.6. The Labute approximate surface area is 175 Å². The van der Waals surface area contributed by atoms with E-state index in [-0.39, 0.29) is 11.7 Å². The molecule has 1 unspecified atom stereocenters. The van der Waals surface area contributed by atoms with Crippen LogP contribution in [0.1, 0.15) is 40.7 Å². The van der Waals surface area contributed by atoms with Crippen molar-refractivity contribution in [3.05, 3.63) is 77.1 Å². The van der Waals surface area contributed by atoms with E-state index < -0.39 is 5.54 Å². The van der Waals surface area contributed by atoms with Crippen molar-refractivity contribution in [2.45, 2.75) is 37.8 Å². The molecule has 30 heavy (non-hydrogen) atoms. The predicted octanol–water partition coefficient (Wildman–Crippen LogP) is 4.48. The Morgan fingerprint density at radius 3 is 2.63 bits per heavy atom. The molecular formula is C25H26FN3O. The first kappa shape index (κ1) is 19.1. The number of rotatable bonds is 5. The van der Waals surface area contributed by atoms with Gasteiger partial charge in [0.1, 0.15) is 5.82 Å². The first-order valence-corrected chi connectivity index (χ1v) is 10.6. The van der Waals surface area contributed by atoms with Crippen molar-refractivity contribution in [1.82, 2.24) is 10.6 Å². The number of nitrogens with one attached hydrogen (secondary N) is 3. The van der Waals surface area contributed by atoms with E-state index in [1.165, 1.54) is 6.07 Å². The third-order valence-corrected chi connectivity index (χ3v) is 6.40. The molecular weight excluding hydrogens is 377 g/mol. The summed E-state index contributed by atoms with van der Waals surface area (Å²) in [5.41, 5.74) is 3.18. The molecule has 3 aromatic rings. The Kier molecular flexibility index (Phi) is 4.70. The summed E-state index contributed by atoms with van der Waals surface area (Å²) in [5.74, 6) is -0.306. The van der Waals surface area contributed by atoms with Gasteiger partial charge in [0.05, 0.1) is 5.54 Å². The number of aryl methyl sites for hydroxylation is 1. The van der Waals surface area contributed by atoms with E-state index in [1.807, 2.05) is 49.4 Å². The van der Waals surface area contributed by atoms with Crippen molar-refractivity contribution < 1.29 is 9.18 Å². The highest BCUT2D eigenvalue weighted by atomic mass is 19.1. The van der Waals surface area contributed by atoms with Gasteiger partial charge in [-0.15, -0.1) is 0 Å². The molecule has 5 rings (SSSR count). The zero-order chi connectivity index (χ0) is 20.7. The molecule has 0 spiro atoms. The van der Waals surface area contributed by atoms with Crippen LogP contribution < -0.4 is 16.0 Å². The number of hydrogen-bond acceptors (Lipinski definition) is 3. The van der Waals surface area contributed by atoms with Gasteiger partial charge in [-0.2, -0.15) is 0 Å². The van der Waals surface area contributed by atoms with Gasteiger partial charge in [0.2, 0.25) is 0 Å². The second-order valence-corrected chi connectivity index (χ2v) is 8.54. The van der Waals surface area contributed by atoms with Gasteiger partial charge in [0.15, 0.2) is 0 Å². The van der Waals surface area contributed by atoms with Crippen LogP contribution in [-0.4, -0.2) is 25.0 Å². The molecule has 4 nitrogen and oxygen atoms in total. The summed E-state index contributed by atoms with van der Waals surface area (Å²) < 4.78 is 14.3. The van der Waals surface area contributed by atoms with Gasteiger partial charge in [-0.3, -0.25) is 4.79 Å². The fourth-order valence-corrected chi connectivity index (χ4v) is 4.52. The second kappa shape index (κ2) is 7.40. The molecule has 0 aromatic heterocycles. The summed E-state index contributed by atoms with van der Waals surface area (Å²) in [7, 11) is 0. The molecule has 154 valence electrons. The average molecular weight is 404 g/mol. The molecule has 3 N–H and O–H groups in total. The lowest BCUT2D eigenvalue weighted by atomic mass is 9.96. The number of amides is 1. The van der Waals surface area contributed by atoms with Crippen LogP contribution in [0, 0.1) is 12.7 Å². The number of carbonyl (C=O) groups excluding carboxylic acids is 1. The SMILES string of the molecule is Cc1ccc(NC2CCNC2)cc1C(=O)NC1(c2ccc(F)c3ccccc23)CC1. The minimum Gasteiger partial charge on any atom is -0.381 e. The lowest BCUT2D eigenvalue weighted by Gasteiger charge is -2.21. The zero-order valence-corrected chi connectivity index (χ0v) is 17.1. The van der Waals surface area contributed by atoms with Gasteiger partial charge in [0.25, 0.3) is 5.91 Å². The largest absolute Gasteiger partial charge is 0.381 e. The molecule has 1 saturated heterocycles. The number of carbonyl (C=O) groups is 1. The van der Waals surface area contributed by atoms with Crippen molar-refractivity contribution in [1.29, 1.82) is 0 Å². The second-order valence-electron chi connectivity index (χ2n) is 8.54. The standard InChI is InChI=1S/C25H26FN3O/c1-16-6-7-17(28-18-10-13-27-15-18)14-21(16)24(30)29-25(11-12-25)22-8-9-23(26)20-5-3-2-4-19(20)22/h2-9,14,18,27-28H,10-13,15H2,1H3,(H,29,30). The van der Waals surface area contributed by atoms with Crippen LogP contribution in [-0.2, 0) is 5.54 Å². The molecule has 0 radical (unpaired) electrons. The van der Waals surface area contributed by atoms with Gasteiger partial charge >= 0.3 is 0 Å². The molecule has 2 aliphatic rings. The Morgan fingerprint density at radius 2 is 1.90 bits per heavy atom. The molecule has 1 amide bonds. The van der Waals surface area contributed by atoms with E-state index >= 15 is 0 Å². The fraction of sp³-hybridized carbons (Fsp3) is 0.320. The van der Waals surface area contributed by atoms with Crippen LogP contribution >= 0.6 is 0 Å². The van der Waals surface area contributed by atoms with Crippen molar-refractivity contribution in [2.75, 3.05) is 18.4 Å². The van der Waals surface area contributed by atoms with Crippen molar-refractivity contribution in [3.8, 4) is 0 Å². The molecule has 1 saturated carbocycles. The van der Waals surface area contributed by atoms with Gasteiger partial charge in [0, 0.05) is 29.2 Å². The Hall–Kier alpha value is -2.92. The number of fused-ring (bicyclic) bond motifs is 1. The Bertz CT molecular complexity index is 1120. The van der Waals surface area contributed by atoms with Crippen molar-refractivity contribution in [3.63, 3.8) is 0 Å². The smallest absolute Gasteiger partial charge is 0.252 e. The Balaban J connectivity index is 1.42.